The summed E-state index contributed by atoms with van der Waals surface area (Å²) in [4.78, 5) is 8.37. The van der Waals surface area contributed by atoms with Crippen molar-refractivity contribution in [2.75, 3.05) is 5.73 Å². The van der Waals surface area contributed by atoms with Gasteiger partial charge in [-0.15, -0.1) is 0 Å². The number of hydrogen-bond donors (Lipinski definition) is 1. The van der Waals surface area contributed by atoms with Gasteiger partial charge in [-0.05, 0) is 49.7 Å². The fourth-order valence-corrected chi connectivity index (χ4v) is 2.60. The molecule has 6 heteroatoms. The van der Waals surface area contributed by atoms with E-state index in [4.69, 9.17) is 22.1 Å². The number of aromatic nitrogens is 2. The van der Waals surface area contributed by atoms with Crippen LogP contribution in [0.5, 0.6) is 5.88 Å². The van der Waals surface area contributed by atoms with Crippen molar-refractivity contribution >= 4 is 28.5 Å². The molecule has 0 amide bonds. The molecule has 2 aromatic carbocycles. The van der Waals surface area contributed by atoms with Gasteiger partial charge in [0.15, 0.2) is 0 Å². The molecular formula is C17H15ClFN3O. The van der Waals surface area contributed by atoms with Crippen LogP contribution in [0.3, 0.4) is 0 Å². The van der Waals surface area contributed by atoms with Crippen LogP contribution in [-0.4, -0.2) is 16.1 Å². The molecule has 4 nitrogen and oxygen atoms in total. The van der Waals surface area contributed by atoms with Gasteiger partial charge in [0.1, 0.15) is 5.82 Å². The Labute approximate surface area is 138 Å². The summed E-state index contributed by atoms with van der Waals surface area (Å²) in [6.07, 6.45) is -0.0504. The summed E-state index contributed by atoms with van der Waals surface area (Å²) in [5.74, 6) is 0.197. The highest BCUT2D eigenvalue weighted by molar-refractivity contribution is 6.33. The van der Waals surface area contributed by atoms with Gasteiger partial charge in [-0.25, -0.2) is 9.37 Å². The number of fused-ring (bicyclic) bond motifs is 1. The van der Waals surface area contributed by atoms with Crippen LogP contribution < -0.4 is 10.5 Å². The van der Waals surface area contributed by atoms with Gasteiger partial charge in [0, 0.05) is 5.56 Å². The van der Waals surface area contributed by atoms with Crippen LogP contribution in [0, 0.1) is 5.82 Å². The predicted octanol–water partition coefficient (Wildman–Crippen LogP) is 4.46. The third-order valence-corrected chi connectivity index (χ3v) is 3.58. The van der Waals surface area contributed by atoms with Crippen LogP contribution in [-0.2, 0) is 0 Å². The summed E-state index contributed by atoms with van der Waals surface area (Å²) in [5, 5.41) is 1.07. The van der Waals surface area contributed by atoms with E-state index < -0.39 is 0 Å². The molecule has 0 bridgehead atoms. The number of nitrogen functional groups attached to an aromatic ring is 1. The molecule has 0 radical (unpaired) electrons. The zero-order chi connectivity index (χ0) is 16.6. The van der Waals surface area contributed by atoms with Crippen molar-refractivity contribution < 1.29 is 9.13 Å². The number of benzene rings is 2. The largest absolute Gasteiger partial charge is 0.474 e. The summed E-state index contributed by atoms with van der Waals surface area (Å²) < 4.78 is 19.0. The molecule has 1 heterocycles. The van der Waals surface area contributed by atoms with Crippen LogP contribution in [0.4, 0.5) is 10.3 Å². The van der Waals surface area contributed by atoms with Gasteiger partial charge in [0.2, 0.25) is 11.8 Å². The van der Waals surface area contributed by atoms with E-state index in [0.717, 1.165) is 16.5 Å². The Hall–Kier alpha value is -2.40. The van der Waals surface area contributed by atoms with E-state index in [2.05, 4.69) is 9.97 Å². The Balaban J connectivity index is 2.19. The van der Waals surface area contributed by atoms with Crippen LogP contribution in [0.2, 0.25) is 5.02 Å². The number of nitrogens with zero attached hydrogens (tertiary/aromatic N) is 2. The number of nitrogens with two attached hydrogens (primary N) is 1. The molecule has 1 aromatic heterocycles. The summed E-state index contributed by atoms with van der Waals surface area (Å²) in [5.41, 5.74) is 7.95. The molecule has 118 valence electrons. The Morgan fingerprint density at radius 1 is 1.13 bits per heavy atom. The van der Waals surface area contributed by atoms with Crippen molar-refractivity contribution in [3.8, 4) is 17.0 Å². The molecule has 23 heavy (non-hydrogen) atoms. The van der Waals surface area contributed by atoms with Crippen LogP contribution in [0.1, 0.15) is 13.8 Å². The molecule has 3 rings (SSSR count). The number of halogens is 2. The van der Waals surface area contributed by atoms with Gasteiger partial charge >= 0.3 is 0 Å². The molecule has 0 unspecified atom stereocenters. The topological polar surface area (TPSA) is 61.0 Å². The maximum atomic E-state index is 13.2. The molecule has 0 aliphatic heterocycles. The third kappa shape index (κ3) is 3.19. The standard InChI is InChI=1S/C17H15ClFN3O/c1-9(2)23-16-13-7-10(3-6-15(13)21-17(20)22-16)12-5-4-11(19)8-14(12)18/h3-9H,1-2H3,(H2,20,21,22). The van der Waals surface area contributed by atoms with Crippen molar-refractivity contribution in [3.05, 3.63) is 47.2 Å². The minimum absolute atomic E-state index is 0.0504. The van der Waals surface area contributed by atoms with E-state index in [1.165, 1.54) is 12.1 Å². The van der Waals surface area contributed by atoms with Crippen LogP contribution in [0.25, 0.3) is 22.0 Å². The lowest BCUT2D eigenvalue weighted by Crippen LogP contribution is -2.09. The van der Waals surface area contributed by atoms with Gasteiger partial charge in [-0.3, -0.25) is 0 Å². The molecular weight excluding hydrogens is 317 g/mol. The van der Waals surface area contributed by atoms with Gasteiger partial charge in [-0.1, -0.05) is 17.7 Å². The highest BCUT2D eigenvalue weighted by atomic mass is 35.5. The SMILES string of the molecule is CC(C)Oc1nc(N)nc2ccc(-c3ccc(F)cc3Cl)cc12. The fourth-order valence-electron chi connectivity index (χ4n) is 2.32. The van der Waals surface area contributed by atoms with Crippen molar-refractivity contribution in [1.82, 2.24) is 9.97 Å². The Morgan fingerprint density at radius 3 is 2.61 bits per heavy atom. The van der Waals surface area contributed by atoms with Crippen LogP contribution in [0.15, 0.2) is 36.4 Å². The second-order valence-electron chi connectivity index (χ2n) is 5.41. The molecule has 3 aromatic rings. The van der Waals surface area contributed by atoms with E-state index in [9.17, 15) is 4.39 Å². The number of hydrogen-bond acceptors (Lipinski definition) is 4. The Kier molecular flexibility index (Phi) is 4.05. The maximum Gasteiger partial charge on any atom is 0.226 e. The fraction of sp³-hybridized carbons (Fsp3) is 0.176. The normalized spacial score (nSPS) is 11.2. The zero-order valence-electron chi connectivity index (χ0n) is 12.7. The van der Waals surface area contributed by atoms with Gasteiger partial charge in [-0.2, -0.15) is 4.98 Å². The third-order valence-electron chi connectivity index (χ3n) is 3.27. The van der Waals surface area contributed by atoms with E-state index in [-0.39, 0.29) is 17.9 Å². The van der Waals surface area contributed by atoms with E-state index in [1.54, 1.807) is 6.07 Å². The number of anilines is 1. The van der Waals surface area contributed by atoms with Crippen molar-refractivity contribution in [2.45, 2.75) is 20.0 Å². The van der Waals surface area contributed by atoms with Crippen molar-refractivity contribution in [3.63, 3.8) is 0 Å². The number of rotatable bonds is 3. The first-order valence-electron chi connectivity index (χ1n) is 7.13. The first-order chi connectivity index (χ1) is 10.9. The number of ether oxygens (including phenoxy) is 1. The minimum Gasteiger partial charge on any atom is -0.474 e. The molecule has 2 N–H and O–H groups in total. The zero-order valence-corrected chi connectivity index (χ0v) is 13.4. The molecule has 0 fully saturated rings. The Bertz CT molecular complexity index is 883. The van der Waals surface area contributed by atoms with E-state index >= 15 is 0 Å². The summed E-state index contributed by atoms with van der Waals surface area (Å²) in [7, 11) is 0. The lowest BCUT2D eigenvalue weighted by molar-refractivity contribution is 0.236. The highest BCUT2D eigenvalue weighted by Crippen LogP contribution is 2.33. The van der Waals surface area contributed by atoms with E-state index in [1.807, 2.05) is 32.0 Å². The quantitative estimate of drug-likeness (QED) is 0.769. The lowest BCUT2D eigenvalue weighted by atomic mass is 10.0. The minimum atomic E-state index is -0.375. The first-order valence-corrected chi connectivity index (χ1v) is 7.51. The molecule has 0 aliphatic rings. The van der Waals surface area contributed by atoms with Gasteiger partial charge < -0.3 is 10.5 Å². The second kappa shape index (κ2) is 6.01. The summed E-state index contributed by atoms with van der Waals surface area (Å²) in [6.45, 7) is 3.82. The van der Waals surface area contributed by atoms with E-state index in [0.29, 0.717) is 16.4 Å². The second-order valence-corrected chi connectivity index (χ2v) is 5.82. The lowest BCUT2D eigenvalue weighted by Gasteiger charge is -2.13. The molecule has 0 spiro atoms. The van der Waals surface area contributed by atoms with Crippen molar-refractivity contribution in [2.24, 2.45) is 0 Å². The maximum absolute atomic E-state index is 13.2. The molecule has 0 aliphatic carbocycles. The molecule has 0 atom stereocenters. The smallest absolute Gasteiger partial charge is 0.226 e. The molecule has 0 saturated heterocycles. The van der Waals surface area contributed by atoms with Crippen LogP contribution >= 0.6 is 11.6 Å². The first kappa shape index (κ1) is 15.5. The molecule has 0 saturated carbocycles. The van der Waals surface area contributed by atoms with Gasteiger partial charge in [0.25, 0.3) is 0 Å². The summed E-state index contributed by atoms with van der Waals surface area (Å²) >= 11 is 6.14. The summed E-state index contributed by atoms with van der Waals surface area (Å²) in [6, 6.07) is 9.83. The average Bonchev–Trinajstić information content (AvgIpc) is 2.46. The predicted molar refractivity (Wildman–Crippen MR) is 90.1 cm³/mol. The average molecular weight is 332 g/mol. The Morgan fingerprint density at radius 2 is 1.91 bits per heavy atom. The van der Waals surface area contributed by atoms with Gasteiger partial charge in [0.05, 0.1) is 22.0 Å². The highest BCUT2D eigenvalue weighted by Gasteiger charge is 2.12. The monoisotopic (exact) mass is 331 g/mol. The van der Waals surface area contributed by atoms with Crippen molar-refractivity contribution in [1.29, 1.82) is 0 Å².